The molecule has 0 bridgehead atoms. The second-order valence-corrected chi connectivity index (χ2v) is 17.5. The summed E-state index contributed by atoms with van der Waals surface area (Å²) in [5, 5.41) is 0. The molecule has 0 aromatic heterocycles. The lowest BCUT2D eigenvalue weighted by Gasteiger charge is -2.50. The van der Waals surface area contributed by atoms with Crippen molar-refractivity contribution in [2.45, 2.75) is 196 Å². The van der Waals surface area contributed by atoms with Crippen molar-refractivity contribution in [3.05, 3.63) is 0 Å². The van der Waals surface area contributed by atoms with E-state index in [0.29, 0.717) is 13.2 Å². The number of hydrogen-bond acceptors (Lipinski definition) is 6. The Morgan fingerprint density at radius 2 is 0.744 bits per heavy atom. The summed E-state index contributed by atoms with van der Waals surface area (Å²) in [5.41, 5.74) is -2.89. The average Bonchev–Trinajstić information content (AvgIpc) is 2.60. The summed E-state index contributed by atoms with van der Waals surface area (Å²) >= 11 is 0. The van der Waals surface area contributed by atoms with Gasteiger partial charge in [-0.15, -0.1) is 0 Å². The quantitative estimate of drug-likeness (QED) is 0.239. The second kappa shape index (κ2) is 13.4. The SMILES string of the molecule is CC(C)(C)OCC(OC(C)(C)C)C(OC(C)(C)C)C(OC(C)(C)C)C(C)(C)C(COC(C)(C)C)OC(C)(C)C. The molecule has 6 heteroatoms. The highest BCUT2D eigenvalue weighted by Gasteiger charge is 2.51. The Kier molecular flexibility index (Phi) is 13.3. The molecule has 236 valence electrons. The third-order valence-corrected chi connectivity index (χ3v) is 5.55. The fourth-order valence-electron chi connectivity index (χ4n) is 4.08. The van der Waals surface area contributed by atoms with Gasteiger partial charge in [-0.05, 0) is 125 Å². The Balaban J connectivity index is 7.07. The normalized spacial score (nSPS) is 18.2. The summed E-state index contributed by atoms with van der Waals surface area (Å²) < 4.78 is 40.0. The Hall–Kier alpha value is -0.240. The van der Waals surface area contributed by atoms with Crippen LogP contribution in [-0.4, -0.2) is 71.2 Å². The third kappa shape index (κ3) is 18.0. The predicted molar refractivity (Wildman–Crippen MR) is 164 cm³/mol. The van der Waals surface area contributed by atoms with Crippen LogP contribution in [0.1, 0.15) is 138 Å². The lowest BCUT2D eigenvalue weighted by Crippen LogP contribution is -2.61. The Labute approximate surface area is 243 Å². The summed E-state index contributed by atoms with van der Waals surface area (Å²) in [5.74, 6) is 0. The first-order chi connectivity index (χ1) is 16.8. The molecule has 0 aromatic rings. The van der Waals surface area contributed by atoms with Gasteiger partial charge in [0, 0.05) is 5.41 Å². The first-order valence-corrected chi connectivity index (χ1v) is 14.8. The van der Waals surface area contributed by atoms with Crippen LogP contribution in [0.15, 0.2) is 0 Å². The molecular formula is C33H68O6. The van der Waals surface area contributed by atoms with Crippen LogP contribution in [0.25, 0.3) is 0 Å². The zero-order valence-electron chi connectivity index (χ0n) is 29.7. The maximum atomic E-state index is 6.97. The van der Waals surface area contributed by atoms with Gasteiger partial charge in [-0.2, -0.15) is 0 Å². The van der Waals surface area contributed by atoms with Crippen molar-refractivity contribution in [2.75, 3.05) is 13.2 Å². The van der Waals surface area contributed by atoms with Gasteiger partial charge in [-0.3, -0.25) is 0 Å². The first kappa shape index (κ1) is 38.8. The topological polar surface area (TPSA) is 55.4 Å². The van der Waals surface area contributed by atoms with E-state index in [1.54, 1.807) is 0 Å². The molecule has 4 atom stereocenters. The molecule has 4 unspecified atom stereocenters. The second-order valence-electron chi connectivity index (χ2n) is 17.5. The van der Waals surface area contributed by atoms with E-state index in [-0.39, 0.29) is 22.9 Å². The summed E-state index contributed by atoms with van der Waals surface area (Å²) in [4.78, 5) is 0. The van der Waals surface area contributed by atoms with Gasteiger partial charge in [-0.1, -0.05) is 13.8 Å². The lowest BCUT2D eigenvalue weighted by atomic mass is 9.76. The maximum Gasteiger partial charge on any atom is 0.113 e. The minimum absolute atomic E-state index is 0.283. The van der Waals surface area contributed by atoms with Crippen LogP contribution in [0.3, 0.4) is 0 Å². The van der Waals surface area contributed by atoms with Gasteiger partial charge >= 0.3 is 0 Å². The van der Waals surface area contributed by atoms with E-state index >= 15 is 0 Å². The van der Waals surface area contributed by atoms with Crippen LogP contribution in [-0.2, 0) is 28.4 Å². The molecule has 0 spiro atoms. The highest BCUT2D eigenvalue weighted by atomic mass is 16.6. The van der Waals surface area contributed by atoms with Crippen LogP contribution >= 0.6 is 0 Å². The van der Waals surface area contributed by atoms with E-state index in [2.05, 4.69) is 138 Å². The molecule has 0 N–H and O–H groups in total. The predicted octanol–water partition coefficient (Wildman–Crippen LogP) is 8.38. The Morgan fingerprint density at radius 3 is 1.08 bits per heavy atom. The van der Waals surface area contributed by atoms with Crippen molar-refractivity contribution in [1.82, 2.24) is 0 Å². The van der Waals surface area contributed by atoms with Crippen LogP contribution < -0.4 is 0 Å². The highest BCUT2D eigenvalue weighted by molar-refractivity contribution is 4.98. The monoisotopic (exact) mass is 561 g/mol. The fourth-order valence-corrected chi connectivity index (χ4v) is 4.08. The highest BCUT2D eigenvalue weighted by Crippen LogP contribution is 2.41. The Bertz CT molecular complexity index is 701. The summed E-state index contributed by atoms with van der Waals surface area (Å²) in [6.07, 6.45) is -1.55. The molecular weight excluding hydrogens is 492 g/mol. The molecule has 0 aliphatic heterocycles. The van der Waals surface area contributed by atoms with Crippen LogP contribution in [0.4, 0.5) is 0 Å². The van der Waals surface area contributed by atoms with Crippen LogP contribution in [0, 0.1) is 5.41 Å². The third-order valence-electron chi connectivity index (χ3n) is 5.55. The van der Waals surface area contributed by atoms with E-state index in [4.69, 9.17) is 28.4 Å². The summed E-state index contributed by atoms with van der Waals surface area (Å²) in [6, 6.07) is 0. The molecule has 0 rings (SSSR count). The largest absolute Gasteiger partial charge is 0.373 e. The molecule has 0 radical (unpaired) electrons. The van der Waals surface area contributed by atoms with E-state index in [9.17, 15) is 0 Å². The molecule has 0 saturated heterocycles. The van der Waals surface area contributed by atoms with Crippen molar-refractivity contribution in [3.8, 4) is 0 Å². The van der Waals surface area contributed by atoms with Crippen molar-refractivity contribution in [2.24, 2.45) is 5.41 Å². The zero-order chi connectivity index (χ0) is 31.5. The fraction of sp³-hybridized carbons (Fsp3) is 1.00. The van der Waals surface area contributed by atoms with Gasteiger partial charge in [0.15, 0.2) is 0 Å². The van der Waals surface area contributed by atoms with E-state index in [1.165, 1.54) is 0 Å². The maximum absolute atomic E-state index is 6.97. The van der Waals surface area contributed by atoms with Gasteiger partial charge < -0.3 is 28.4 Å². The number of hydrogen-bond donors (Lipinski definition) is 0. The van der Waals surface area contributed by atoms with Gasteiger partial charge in [0.25, 0.3) is 0 Å². The van der Waals surface area contributed by atoms with Crippen molar-refractivity contribution in [3.63, 3.8) is 0 Å². The molecule has 0 fully saturated rings. The molecule has 0 aliphatic carbocycles. The standard InChI is InChI=1S/C33H68O6/c1-27(2,3)34-21-23(36-29(7,8)9)25(38-31(13,14)15)26(39-32(16,17)18)33(19,20)24(37-30(10,11)12)22-35-28(4,5)6/h23-26H,21-22H2,1-20H3. The van der Waals surface area contributed by atoms with Crippen LogP contribution in [0.2, 0.25) is 0 Å². The number of rotatable bonds is 12. The lowest BCUT2D eigenvalue weighted by molar-refractivity contribution is -0.272. The van der Waals surface area contributed by atoms with Gasteiger partial charge in [0.1, 0.15) is 12.2 Å². The van der Waals surface area contributed by atoms with Gasteiger partial charge in [-0.25, -0.2) is 0 Å². The zero-order valence-corrected chi connectivity index (χ0v) is 29.7. The van der Waals surface area contributed by atoms with Crippen molar-refractivity contribution < 1.29 is 28.4 Å². The smallest absolute Gasteiger partial charge is 0.113 e. The number of ether oxygens (including phenoxy) is 6. The minimum atomic E-state index is -0.539. The van der Waals surface area contributed by atoms with Crippen molar-refractivity contribution in [1.29, 1.82) is 0 Å². The molecule has 0 heterocycles. The average molecular weight is 561 g/mol. The molecule has 39 heavy (non-hydrogen) atoms. The molecule has 0 aliphatic rings. The minimum Gasteiger partial charge on any atom is -0.373 e. The van der Waals surface area contributed by atoms with Gasteiger partial charge in [0.2, 0.25) is 0 Å². The molecule has 0 amide bonds. The van der Waals surface area contributed by atoms with Crippen molar-refractivity contribution >= 4 is 0 Å². The van der Waals surface area contributed by atoms with E-state index in [0.717, 1.165) is 0 Å². The molecule has 0 aromatic carbocycles. The summed E-state index contributed by atoms with van der Waals surface area (Å²) in [7, 11) is 0. The molecule has 6 nitrogen and oxygen atoms in total. The Morgan fingerprint density at radius 1 is 0.385 bits per heavy atom. The summed E-state index contributed by atoms with van der Waals surface area (Å²) in [6.45, 7) is 42.5. The molecule has 0 saturated carbocycles. The van der Waals surface area contributed by atoms with E-state index in [1.807, 2.05) is 0 Å². The first-order valence-electron chi connectivity index (χ1n) is 14.8. The van der Waals surface area contributed by atoms with E-state index < -0.39 is 40.5 Å². The van der Waals surface area contributed by atoms with Gasteiger partial charge in [0.05, 0.1) is 59.0 Å². The van der Waals surface area contributed by atoms with Crippen LogP contribution in [0.5, 0.6) is 0 Å².